The van der Waals surface area contributed by atoms with E-state index in [-0.39, 0.29) is 6.61 Å². The quantitative estimate of drug-likeness (QED) is 0.205. The molecule has 0 aliphatic rings. The SMILES string of the molecule is CCO.NNS(=O)(=O)O. The molecule has 0 amide bonds. The molecule has 0 aliphatic heterocycles. The van der Waals surface area contributed by atoms with Crippen LogP contribution in [-0.4, -0.2) is 24.7 Å². The van der Waals surface area contributed by atoms with Gasteiger partial charge < -0.3 is 5.11 Å². The van der Waals surface area contributed by atoms with Gasteiger partial charge in [0.1, 0.15) is 0 Å². The van der Waals surface area contributed by atoms with Crippen LogP contribution < -0.4 is 10.7 Å². The molecule has 0 bridgehead atoms. The van der Waals surface area contributed by atoms with E-state index in [4.69, 9.17) is 9.66 Å². The Morgan fingerprint density at radius 1 is 1.67 bits per heavy atom. The van der Waals surface area contributed by atoms with Crippen molar-refractivity contribution in [2.45, 2.75) is 6.92 Å². The predicted molar refractivity (Wildman–Crippen MR) is 31.6 cm³/mol. The van der Waals surface area contributed by atoms with E-state index < -0.39 is 10.3 Å². The van der Waals surface area contributed by atoms with Crippen molar-refractivity contribution in [1.82, 2.24) is 4.83 Å². The fourth-order valence-corrected chi connectivity index (χ4v) is 0. The van der Waals surface area contributed by atoms with Crippen molar-refractivity contribution in [1.29, 1.82) is 0 Å². The molecule has 0 aliphatic carbocycles. The van der Waals surface area contributed by atoms with E-state index in [0.29, 0.717) is 0 Å². The second-order valence-corrected chi connectivity index (χ2v) is 2.09. The lowest BCUT2D eigenvalue weighted by Crippen LogP contribution is -2.29. The zero-order valence-electron chi connectivity index (χ0n) is 4.90. The minimum absolute atomic E-state index is 0.250. The van der Waals surface area contributed by atoms with Crippen LogP contribution in [0.3, 0.4) is 0 Å². The van der Waals surface area contributed by atoms with Crippen molar-refractivity contribution < 1.29 is 18.1 Å². The molecule has 58 valence electrons. The monoisotopic (exact) mass is 158 g/mol. The van der Waals surface area contributed by atoms with Gasteiger partial charge in [0.15, 0.2) is 0 Å². The van der Waals surface area contributed by atoms with E-state index in [1.165, 1.54) is 0 Å². The number of hydrogen-bond donors (Lipinski definition) is 4. The number of nitrogens with one attached hydrogen (secondary N) is 1. The highest BCUT2D eigenvalue weighted by Crippen LogP contribution is 1.58. The summed E-state index contributed by atoms with van der Waals surface area (Å²) in [6.07, 6.45) is 0. The summed E-state index contributed by atoms with van der Waals surface area (Å²) in [5.41, 5.74) is 0. The fraction of sp³-hybridized carbons (Fsp3) is 1.00. The maximum Gasteiger partial charge on any atom is 0.346 e. The molecule has 0 radical (unpaired) electrons. The third kappa shape index (κ3) is 33.5. The average Bonchev–Trinajstić information content (AvgIpc) is 1.67. The van der Waals surface area contributed by atoms with Crippen molar-refractivity contribution in [3.8, 4) is 0 Å². The Bertz CT molecular complexity index is 130. The summed E-state index contributed by atoms with van der Waals surface area (Å²) in [6, 6.07) is 0. The summed E-state index contributed by atoms with van der Waals surface area (Å²) in [6.45, 7) is 1.93. The standard InChI is InChI=1S/C2H6O.H4N2O3S/c1-2-3;1-2-6(3,4)5/h3H,2H2,1H3;2H,1H2,(H,3,4,5). The van der Waals surface area contributed by atoms with Gasteiger partial charge in [0, 0.05) is 6.61 Å². The van der Waals surface area contributed by atoms with Crippen LogP contribution >= 0.6 is 0 Å². The van der Waals surface area contributed by atoms with Crippen molar-refractivity contribution >= 4 is 10.3 Å². The highest BCUT2D eigenvalue weighted by Gasteiger charge is 1.91. The molecule has 0 atom stereocenters. The molecule has 0 unspecified atom stereocenters. The van der Waals surface area contributed by atoms with Crippen LogP contribution in [0.2, 0.25) is 0 Å². The van der Waals surface area contributed by atoms with Gasteiger partial charge in [0.25, 0.3) is 0 Å². The van der Waals surface area contributed by atoms with Crippen LogP contribution in [-0.2, 0) is 10.3 Å². The van der Waals surface area contributed by atoms with Crippen LogP contribution in [0.5, 0.6) is 0 Å². The Hall–Kier alpha value is -0.210. The first-order chi connectivity index (χ1) is 3.97. The van der Waals surface area contributed by atoms with Crippen molar-refractivity contribution in [3.05, 3.63) is 0 Å². The van der Waals surface area contributed by atoms with E-state index >= 15 is 0 Å². The maximum absolute atomic E-state index is 9.32. The minimum atomic E-state index is -4.13. The van der Waals surface area contributed by atoms with Gasteiger partial charge in [0.2, 0.25) is 0 Å². The summed E-state index contributed by atoms with van der Waals surface area (Å²) in [4.78, 5) is 1.13. The highest BCUT2D eigenvalue weighted by atomic mass is 32.2. The number of hydrogen-bond acceptors (Lipinski definition) is 4. The number of aliphatic hydroxyl groups excluding tert-OH is 1. The van der Waals surface area contributed by atoms with Crippen molar-refractivity contribution in [2.24, 2.45) is 5.84 Å². The molecular formula is C2H10N2O4S. The molecule has 5 N–H and O–H groups in total. The fourth-order valence-electron chi connectivity index (χ4n) is 0. The molecule has 7 heteroatoms. The van der Waals surface area contributed by atoms with Crippen LogP contribution in [0.4, 0.5) is 0 Å². The Morgan fingerprint density at radius 3 is 1.78 bits per heavy atom. The Labute approximate surface area is 53.5 Å². The zero-order chi connectivity index (χ0) is 7.91. The second-order valence-electron chi connectivity index (χ2n) is 0.909. The summed E-state index contributed by atoms with van der Waals surface area (Å²) >= 11 is 0. The van der Waals surface area contributed by atoms with Gasteiger partial charge in [-0.15, -0.1) is 4.83 Å². The molecule has 0 saturated heterocycles. The normalized spacial score (nSPS) is 9.78. The van der Waals surface area contributed by atoms with E-state index in [1.807, 2.05) is 0 Å². The molecule has 0 heterocycles. The molecule has 0 aromatic rings. The maximum atomic E-state index is 9.32. The third-order valence-electron chi connectivity index (χ3n) is 0.149. The molecule has 9 heavy (non-hydrogen) atoms. The van der Waals surface area contributed by atoms with Gasteiger partial charge in [0.05, 0.1) is 0 Å². The third-order valence-corrected chi connectivity index (χ3v) is 0.447. The van der Waals surface area contributed by atoms with Gasteiger partial charge in [-0.05, 0) is 6.92 Å². The summed E-state index contributed by atoms with van der Waals surface area (Å²) in [7, 11) is -4.13. The summed E-state index contributed by atoms with van der Waals surface area (Å²) in [5, 5.41) is 7.57. The minimum Gasteiger partial charge on any atom is -0.397 e. The van der Waals surface area contributed by atoms with Crippen molar-refractivity contribution in [3.63, 3.8) is 0 Å². The Kier molecular flexibility index (Phi) is 7.61. The number of rotatable bonds is 1. The lowest BCUT2D eigenvalue weighted by molar-refractivity contribution is 0.318. The van der Waals surface area contributed by atoms with Gasteiger partial charge >= 0.3 is 10.3 Å². The van der Waals surface area contributed by atoms with Crippen LogP contribution in [0.15, 0.2) is 0 Å². The first-order valence-corrected chi connectivity index (χ1v) is 3.47. The van der Waals surface area contributed by atoms with E-state index in [1.54, 1.807) is 6.92 Å². The van der Waals surface area contributed by atoms with E-state index in [0.717, 1.165) is 4.83 Å². The topological polar surface area (TPSA) is 113 Å². The largest absolute Gasteiger partial charge is 0.397 e. The zero-order valence-corrected chi connectivity index (χ0v) is 5.72. The molecule has 6 nitrogen and oxygen atoms in total. The number of hydrazine groups is 1. The van der Waals surface area contributed by atoms with Gasteiger partial charge in [-0.25, -0.2) is 0 Å². The number of aliphatic hydroxyl groups is 1. The first kappa shape index (κ1) is 11.6. The summed E-state index contributed by atoms with van der Waals surface area (Å²) < 4.78 is 26.2. The highest BCUT2D eigenvalue weighted by molar-refractivity contribution is 7.83. The lowest BCUT2D eigenvalue weighted by atomic mass is 10.9. The first-order valence-electron chi connectivity index (χ1n) is 2.03. The van der Waals surface area contributed by atoms with Gasteiger partial charge in [-0.1, -0.05) is 0 Å². The summed E-state index contributed by atoms with van der Waals surface area (Å²) in [5.74, 6) is 4.22. The van der Waals surface area contributed by atoms with Crippen LogP contribution in [0.1, 0.15) is 6.92 Å². The van der Waals surface area contributed by atoms with E-state index in [9.17, 15) is 8.42 Å². The van der Waals surface area contributed by atoms with E-state index in [2.05, 4.69) is 5.84 Å². The Morgan fingerprint density at radius 2 is 1.78 bits per heavy atom. The second kappa shape index (κ2) is 5.92. The lowest BCUT2D eigenvalue weighted by Gasteiger charge is -1.83. The Balaban J connectivity index is 0. The molecular weight excluding hydrogens is 148 g/mol. The van der Waals surface area contributed by atoms with Gasteiger partial charge in [-0.2, -0.15) is 8.42 Å². The molecule has 0 rings (SSSR count). The average molecular weight is 158 g/mol. The number of nitrogens with two attached hydrogens (primary N) is 1. The molecule has 0 aromatic heterocycles. The van der Waals surface area contributed by atoms with Gasteiger partial charge in [-0.3, -0.25) is 10.4 Å². The molecule has 0 saturated carbocycles. The predicted octanol–water partition coefficient (Wildman–Crippen LogP) is -1.75. The van der Waals surface area contributed by atoms with Crippen LogP contribution in [0, 0.1) is 0 Å². The smallest absolute Gasteiger partial charge is 0.346 e. The van der Waals surface area contributed by atoms with Crippen LogP contribution in [0.25, 0.3) is 0 Å². The molecule has 0 spiro atoms. The van der Waals surface area contributed by atoms with Crippen molar-refractivity contribution in [2.75, 3.05) is 6.61 Å². The molecule has 0 fully saturated rings. The molecule has 0 aromatic carbocycles.